The number of hydrogen-bond acceptors (Lipinski definition) is 3. The number of benzene rings is 1. The van der Waals surface area contributed by atoms with Crippen LogP contribution in [0.3, 0.4) is 0 Å². The van der Waals surface area contributed by atoms with Crippen molar-refractivity contribution in [1.29, 1.82) is 0 Å². The number of rotatable bonds is 7. The van der Waals surface area contributed by atoms with Gasteiger partial charge in [0.25, 0.3) is 0 Å². The number of halogens is 2. The van der Waals surface area contributed by atoms with Gasteiger partial charge in [-0.2, -0.15) is 0 Å². The van der Waals surface area contributed by atoms with E-state index in [1.165, 1.54) is 0 Å². The standard InChI is InChI=1S/C14H18Cl2O3/c1-2-3-4-5-8-18-14(17)19-10-11-6-7-12(15)13(16)9-11/h6-7,9H,2-5,8,10H2,1H3. The van der Waals surface area contributed by atoms with Gasteiger partial charge in [0.1, 0.15) is 6.61 Å². The Morgan fingerprint density at radius 3 is 2.58 bits per heavy atom. The van der Waals surface area contributed by atoms with E-state index in [1.807, 2.05) is 0 Å². The second-order valence-electron chi connectivity index (χ2n) is 4.20. The maximum Gasteiger partial charge on any atom is 0.508 e. The van der Waals surface area contributed by atoms with Crippen molar-refractivity contribution in [2.24, 2.45) is 0 Å². The van der Waals surface area contributed by atoms with Gasteiger partial charge in [-0.15, -0.1) is 0 Å². The zero-order chi connectivity index (χ0) is 14.1. The summed E-state index contributed by atoms with van der Waals surface area (Å²) in [6.45, 7) is 2.66. The fraction of sp³-hybridized carbons (Fsp3) is 0.500. The fourth-order valence-corrected chi connectivity index (χ4v) is 1.82. The van der Waals surface area contributed by atoms with E-state index in [-0.39, 0.29) is 6.61 Å². The number of ether oxygens (including phenoxy) is 2. The molecule has 0 aliphatic carbocycles. The largest absolute Gasteiger partial charge is 0.508 e. The molecule has 0 spiro atoms. The lowest BCUT2D eigenvalue weighted by molar-refractivity contribution is 0.0488. The van der Waals surface area contributed by atoms with Gasteiger partial charge in [0.05, 0.1) is 16.7 Å². The maximum atomic E-state index is 11.3. The Balaban J connectivity index is 2.20. The summed E-state index contributed by atoms with van der Waals surface area (Å²) < 4.78 is 9.91. The van der Waals surface area contributed by atoms with Crippen LogP contribution in [0.4, 0.5) is 4.79 Å². The van der Waals surface area contributed by atoms with Gasteiger partial charge < -0.3 is 9.47 Å². The lowest BCUT2D eigenvalue weighted by Gasteiger charge is -2.07. The summed E-state index contributed by atoms with van der Waals surface area (Å²) in [5.74, 6) is 0. The highest BCUT2D eigenvalue weighted by Gasteiger charge is 2.05. The summed E-state index contributed by atoms with van der Waals surface area (Å²) in [5, 5.41) is 0.916. The second kappa shape index (κ2) is 9.05. The van der Waals surface area contributed by atoms with Crippen LogP contribution < -0.4 is 0 Å². The highest BCUT2D eigenvalue weighted by atomic mass is 35.5. The summed E-state index contributed by atoms with van der Waals surface area (Å²) >= 11 is 11.6. The number of hydrogen-bond donors (Lipinski definition) is 0. The van der Waals surface area contributed by atoms with E-state index in [2.05, 4.69) is 6.92 Å². The average Bonchev–Trinajstić information content (AvgIpc) is 2.40. The predicted molar refractivity (Wildman–Crippen MR) is 76.7 cm³/mol. The quantitative estimate of drug-likeness (QED) is 0.511. The van der Waals surface area contributed by atoms with Gasteiger partial charge in [-0.1, -0.05) is 55.5 Å². The highest BCUT2D eigenvalue weighted by Crippen LogP contribution is 2.22. The molecule has 1 aromatic carbocycles. The monoisotopic (exact) mass is 304 g/mol. The number of carbonyl (C=O) groups excluding carboxylic acids is 1. The third-order valence-electron chi connectivity index (χ3n) is 2.56. The van der Waals surface area contributed by atoms with E-state index >= 15 is 0 Å². The minimum Gasteiger partial charge on any atom is -0.434 e. The van der Waals surface area contributed by atoms with Crippen LogP contribution in [-0.2, 0) is 16.1 Å². The van der Waals surface area contributed by atoms with Crippen LogP contribution in [0.1, 0.15) is 38.2 Å². The molecule has 0 saturated heterocycles. The Morgan fingerprint density at radius 2 is 1.89 bits per heavy atom. The molecule has 0 heterocycles. The van der Waals surface area contributed by atoms with Gasteiger partial charge >= 0.3 is 6.16 Å². The molecule has 0 aromatic heterocycles. The predicted octanol–water partition coefficient (Wildman–Crippen LogP) is 5.23. The molecule has 0 amide bonds. The zero-order valence-electron chi connectivity index (χ0n) is 11.0. The third kappa shape index (κ3) is 6.69. The SMILES string of the molecule is CCCCCCOC(=O)OCc1ccc(Cl)c(Cl)c1. The summed E-state index contributed by atoms with van der Waals surface area (Å²) in [6.07, 6.45) is 3.60. The van der Waals surface area contributed by atoms with Gasteiger partial charge in [0.2, 0.25) is 0 Å². The van der Waals surface area contributed by atoms with Crippen LogP contribution in [0, 0.1) is 0 Å². The summed E-state index contributed by atoms with van der Waals surface area (Å²) in [6, 6.07) is 5.08. The van der Waals surface area contributed by atoms with Crippen molar-refractivity contribution in [1.82, 2.24) is 0 Å². The Morgan fingerprint density at radius 1 is 1.11 bits per heavy atom. The maximum absolute atomic E-state index is 11.3. The molecule has 0 saturated carbocycles. The van der Waals surface area contributed by atoms with Gasteiger partial charge in [-0.05, 0) is 24.1 Å². The van der Waals surface area contributed by atoms with Crippen molar-refractivity contribution < 1.29 is 14.3 Å². The molecule has 0 aliphatic heterocycles. The molecule has 0 fully saturated rings. The van der Waals surface area contributed by atoms with Gasteiger partial charge in [0.15, 0.2) is 0 Å². The smallest absolute Gasteiger partial charge is 0.434 e. The van der Waals surface area contributed by atoms with Crippen LogP contribution in [0.5, 0.6) is 0 Å². The van der Waals surface area contributed by atoms with E-state index in [1.54, 1.807) is 18.2 Å². The first kappa shape index (κ1) is 16.1. The lowest BCUT2D eigenvalue weighted by Crippen LogP contribution is -2.08. The molecule has 19 heavy (non-hydrogen) atoms. The minimum atomic E-state index is -0.650. The fourth-order valence-electron chi connectivity index (χ4n) is 1.50. The Kier molecular flexibility index (Phi) is 7.68. The van der Waals surface area contributed by atoms with Crippen molar-refractivity contribution in [3.05, 3.63) is 33.8 Å². The van der Waals surface area contributed by atoms with Gasteiger partial charge in [-0.25, -0.2) is 4.79 Å². The van der Waals surface area contributed by atoms with Crippen LogP contribution in [0.2, 0.25) is 10.0 Å². The first-order valence-corrected chi connectivity index (χ1v) is 7.12. The molecule has 1 rings (SSSR count). The van der Waals surface area contributed by atoms with Crippen molar-refractivity contribution in [3.8, 4) is 0 Å². The van der Waals surface area contributed by atoms with E-state index in [0.717, 1.165) is 31.2 Å². The molecule has 3 nitrogen and oxygen atoms in total. The van der Waals surface area contributed by atoms with Gasteiger partial charge in [-0.3, -0.25) is 0 Å². The summed E-state index contributed by atoms with van der Waals surface area (Å²) in [7, 11) is 0. The molecule has 0 unspecified atom stereocenters. The van der Waals surface area contributed by atoms with Crippen LogP contribution in [-0.4, -0.2) is 12.8 Å². The van der Waals surface area contributed by atoms with E-state index < -0.39 is 6.16 Å². The average molecular weight is 305 g/mol. The summed E-state index contributed by atoms with van der Waals surface area (Å²) in [4.78, 5) is 11.3. The van der Waals surface area contributed by atoms with Crippen LogP contribution in [0.15, 0.2) is 18.2 Å². The molecule has 106 valence electrons. The molecule has 0 radical (unpaired) electrons. The highest BCUT2D eigenvalue weighted by molar-refractivity contribution is 6.42. The first-order chi connectivity index (χ1) is 9.13. The van der Waals surface area contributed by atoms with Crippen molar-refractivity contribution >= 4 is 29.4 Å². The van der Waals surface area contributed by atoms with Crippen LogP contribution >= 0.6 is 23.2 Å². The van der Waals surface area contributed by atoms with Crippen molar-refractivity contribution in [3.63, 3.8) is 0 Å². The lowest BCUT2D eigenvalue weighted by atomic mass is 10.2. The molecular formula is C14H18Cl2O3. The molecule has 0 N–H and O–H groups in total. The van der Waals surface area contributed by atoms with Crippen molar-refractivity contribution in [2.45, 2.75) is 39.2 Å². The molecule has 1 aromatic rings. The van der Waals surface area contributed by atoms with Crippen molar-refractivity contribution in [2.75, 3.05) is 6.61 Å². The topological polar surface area (TPSA) is 35.5 Å². The van der Waals surface area contributed by atoms with Gasteiger partial charge in [0, 0.05) is 0 Å². The molecular weight excluding hydrogens is 287 g/mol. The Labute approximate surface area is 123 Å². The number of carbonyl (C=O) groups is 1. The first-order valence-electron chi connectivity index (χ1n) is 6.37. The number of unbranched alkanes of at least 4 members (excludes halogenated alkanes) is 3. The normalized spacial score (nSPS) is 10.3. The zero-order valence-corrected chi connectivity index (χ0v) is 12.5. The molecule has 5 heteroatoms. The second-order valence-corrected chi connectivity index (χ2v) is 5.01. The van der Waals surface area contributed by atoms with E-state index in [4.69, 9.17) is 32.7 Å². The van der Waals surface area contributed by atoms with E-state index in [0.29, 0.717) is 16.7 Å². The Hall–Kier alpha value is -0.930. The molecule has 0 aliphatic rings. The summed E-state index contributed by atoms with van der Waals surface area (Å²) in [5.41, 5.74) is 0.775. The Bertz CT molecular complexity index is 408. The van der Waals surface area contributed by atoms with E-state index in [9.17, 15) is 4.79 Å². The third-order valence-corrected chi connectivity index (χ3v) is 3.30. The molecule has 0 bridgehead atoms. The van der Waals surface area contributed by atoms with Crippen LogP contribution in [0.25, 0.3) is 0 Å². The molecule has 0 atom stereocenters. The minimum absolute atomic E-state index is 0.130.